The number of rotatable bonds is 9. The molecule has 172 valence electrons. The molecule has 5 N–H and O–H groups in total. The number of nitrogens with one attached hydrogen (secondary N) is 1. The number of pyridine rings is 1. The van der Waals surface area contributed by atoms with Crippen LogP contribution in [-0.4, -0.2) is 54.2 Å². The Morgan fingerprint density at radius 1 is 1.19 bits per heavy atom. The second-order valence-electron chi connectivity index (χ2n) is 8.94. The number of ether oxygens (including phenoxy) is 1. The number of amides is 2. The van der Waals surface area contributed by atoms with Gasteiger partial charge in [0, 0.05) is 20.6 Å². The first-order chi connectivity index (χ1) is 14.8. The summed E-state index contributed by atoms with van der Waals surface area (Å²) in [6, 6.07) is 3.65. The van der Waals surface area contributed by atoms with Crippen molar-refractivity contribution in [3.8, 4) is 5.75 Å². The van der Waals surface area contributed by atoms with E-state index in [2.05, 4.69) is 10.3 Å². The van der Waals surface area contributed by atoms with Gasteiger partial charge in [0.05, 0.1) is 35.4 Å². The van der Waals surface area contributed by atoms with Gasteiger partial charge in [-0.1, -0.05) is 19.3 Å². The van der Waals surface area contributed by atoms with Crippen LogP contribution in [0.2, 0.25) is 0 Å². The zero-order chi connectivity index (χ0) is 22.4. The topological polar surface area (TPSA) is 110 Å². The van der Waals surface area contributed by atoms with E-state index >= 15 is 0 Å². The van der Waals surface area contributed by atoms with Crippen LogP contribution in [0.5, 0.6) is 5.75 Å². The van der Waals surface area contributed by atoms with Crippen molar-refractivity contribution in [3.05, 3.63) is 29.2 Å². The number of nitrogens with two attached hydrogens (primary N) is 2. The van der Waals surface area contributed by atoms with Crippen LogP contribution in [0.1, 0.15) is 62.8 Å². The molecule has 0 saturated heterocycles. The number of likely N-dealkylation sites (N-methyl/N-ethyl adjacent to an activating group) is 1. The summed E-state index contributed by atoms with van der Waals surface area (Å²) in [7, 11) is 3.52. The fourth-order valence-corrected chi connectivity index (χ4v) is 3.92. The molecule has 0 unspecified atom stereocenters. The minimum atomic E-state index is -0.131. The smallest absolute Gasteiger partial charge is 0.317 e. The quantitative estimate of drug-likeness (QED) is 0.410. The molecular weight excluding hydrogens is 392 g/mol. The maximum Gasteiger partial charge on any atom is 0.317 e. The molecule has 0 bridgehead atoms. The summed E-state index contributed by atoms with van der Waals surface area (Å²) in [5, 5.41) is 4.35. The Hall–Kier alpha value is -2.48. The van der Waals surface area contributed by atoms with Crippen LogP contribution in [0.25, 0.3) is 5.70 Å². The summed E-state index contributed by atoms with van der Waals surface area (Å²) in [6.45, 7) is 2.91. The van der Waals surface area contributed by atoms with Crippen LogP contribution in [0.15, 0.2) is 17.8 Å². The molecule has 0 atom stereocenters. The van der Waals surface area contributed by atoms with Crippen molar-refractivity contribution in [3.63, 3.8) is 0 Å². The molecule has 2 aliphatic rings. The van der Waals surface area contributed by atoms with E-state index in [1.54, 1.807) is 11.9 Å². The number of hydrogen-bond acceptors (Lipinski definition) is 6. The SMILES string of the molecule is Cc1nc(/C(N)=C(\CNC(=O)N(C)CCC2CC2)N(C)N)ccc1OC1CCCCC1. The highest BCUT2D eigenvalue weighted by Crippen LogP contribution is 2.32. The first-order valence-corrected chi connectivity index (χ1v) is 11.5. The molecule has 0 spiro atoms. The van der Waals surface area contributed by atoms with Gasteiger partial charge in [-0.25, -0.2) is 15.6 Å². The van der Waals surface area contributed by atoms with Crippen molar-refractivity contribution in [1.29, 1.82) is 0 Å². The average molecular weight is 431 g/mol. The minimum Gasteiger partial charge on any atom is -0.489 e. The fraction of sp³-hybridized carbons (Fsp3) is 0.652. The molecule has 8 nitrogen and oxygen atoms in total. The van der Waals surface area contributed by atoms with Gasteiger partial charge in [0.25, 0.3) is 0 Å². The van der Waals surface area contributed by atoms with E-state index in [0.29, 0.717) is 17.1 Å². The van der Waals surface area contributed by atoms with Gasteiger partial charge in [-0.2, -0.15) is 0 Å². The number of nitrogens with zero attached hydrogens (tertiary/aromatic N) is 3. The molecule has 31 heavy (non-hydrogen) atoms. The fourth-order valence-electron chi connectivity index (χ4n) is 3.92. The summed E-state index contributed by atoms with van der Waals surface area (Å²) in [5.74, 6) is 7.60. The number of carbonyl (C=O) groups is 1. The van der Waals surface area contributed by atoms with E-state index in [1.165, 1.54) is 37.1 Å². The second kappa shape index (κ2) is 10.7. The number of aryl methyl sites for hydroxylation is 1. The minimum absolute atomic E-state index is 0.131. The van der Waals surface area contributed by atoms with Gasteiger partial charge in [-0.15, -0.1) is 0 Å². The van der Waals surface area contributed by atoms with E-state index in [9.17, 15) is 4.79 Å². The monoisotopic (exact) mass is 430 g/mol. The molecule has 1 aromatic heterocycles. The number of hydrazine groups is 1. The molecule has 2 amide bonds. The second-order valence-corrected chi connectivity index (χ2v) is 8.94. The average Bonchev–Trinajstić information content (AvgIpc) is 3.58. The van der Waals surface area contributed by atoms with E-state index in [0.717, 1.165) is 43.2 Å². The highest BCUT2D eigenvalue weighted by Gasteiger charge is 2.22. The van der Waals surface area contributed by atoms with Crippen LogP contribution < -0.4 is 21.6 Å². The van der Waals surface area contributed by atoms with Gasteiger partial charge in [0.1, 0.15) is 5.75 Å². The molecule has 3 rings (SSSR count). The summed E-state index contributed by atoms with van der Waals surface area (Å²) in [4.78, 5) is 18.8. The Labute approximate surface area is 186 Å². The van der Waals surface area contributed by atoms with Crippen molar-refractivity contribution in [2.45, 2.75) is 64.4 Å². The Kier molecular flexibility index (Phi) is 8.01. The molecule has 2 fully saturated rings. The lowest BCUT2D eigenvalue weighted by Crippen LogP contribution is -2.42. The molecule has 1 heterocycles. The van der Waals surface area contributed by atoms with Gasteiger partial charge >= 0.3 is 6.03 Å². The zero-order valence-electron chi connectivity index (χ0n) is 19.2. The Morgan fingerprint density at radius 2 is 1.90 bits per heavy atom. The van der Waals surface area contributed by atoms with Crippen molar-refractivity contribution in [1.82, 2.24) is 20.2 Å². The third kappa shape index (κ3) is 6.75. The van der Waals surface area contributed by atoms with Crippen molar-refractivity contribution < 1.29 is 9.53 Å². The van der Waals surface area contributed by atoms with E-state index in [4.69, 9.17) is 16.3 Å². The van der Waals surface area contributed by atoms with Crippen molar-refractivity contribution >= 4 is 11.7 Å². The summed E-state index contributed by atoms with van der Waals surface area (Å²) in [6.07, 6.45) is 9.83. The van der Waals surface area contributed by atoms with E-state index in [-0.39, 0.29) is 18.7 Å². The predicted octanol–water partition coefficient (Wildman–Crippen LogP) is 2.98. The van der Waals surface area contributed by atoms with Crippen LogP contribution in [0.3, 0.4) is 0 Å². The molecule has 0 aromatic carbocycles. The number of urea groups is 1. The first kappa shape index (κ1) is 23.2. The summed E-state index contributed by atoms with van der Waals surface area (Å²) >= 11 is 0. The van der Waals surface area contributed by atoms with E-state index in [1.807, 2.05) is 26.1 Å². The number of carbonyl (C=O) groups excluding carboxylic acids is 1. The molecular formula is C23H38N6O2. The standard InChI is InChI=1S/C23H38N6O2/c1-16-21(31-18-7-5-4-6-8-18)12-11-19(27-16)22(24)20(29(3)25)15-26-23(30)28(2)14-13-17-9-10-17/h11-12,17-18H,4-10,13-15,24-25H2,1-3H3,(H,26,30)/b22-20-. The van der Waals surface area contributed by atoms with Crippen molar-refractivity contribution in [2.75, 3.05) is 27.2 Å². The number of hydrogen-bond donors (Lipinski definition) is 3. The molecule has 2 aliphatic carbocycles. The van der Waals surface area contributed by atoms with Crippen LogP contribution >= 0.6 is 0 Å². The van der Waals surface area contributed by atoms with Gasteiger partial charge in [-0.05, 0) is 57.1 Å². The highest BCUT2D eigenvalue weighted by atomic mass is 16.5. The van der Waals surface area contributed by atoms with Gasteiger partial charge in [-0.3, -0.25) is 0 Å². The largest absolute Gasteiger partial charge is 0.489 e. The van der Waals surface area contributed by atoms with Gasteiger partial charge < -0.3 is 25.7 Å². The molecule has 8 heteroatoms. The third-order valence-electron chi connectivity index (χ3n) is 6.22. The normalized spacial score (nSPS) is 17.7. The maximum atomic E-state index is 12.4. The van der Waals surface area contributed by atoms with Gasteiger partial charge in [0.15, 0.2) is 0 Å². The zero-order valence-corrected chi connectivity index (χ0v) is 19.2. The van der Waals surface area contributed by atoms with Crippen molar-refractivity contribution in [2.24, 2.45) is 17.5 Å². The maximum absolute atomic E-state index is 12.4. The summed E-state index contributed by atoms with van der Waals surface area (Å²) < 4.78 is 6.16. The predicted molar refractivity (Wildman–Crippen MR) is 123 cm³/mol. The lowest BCUT2D eigenvalue weighted by molar-refractivity contribution is 0.153. The molecule has 1 aromatic rings. The summed E-state index contributed by atoms with van der Waals surface area (Å²) in [5.41, 5.74) is 8.88. The lowest BCUT2D eigenvalue weighted by Gasteiger charge is -2.24. The Morgan fingerprint density at radius 3 is 2.52 bits per heavy atom. The highest BCUT2D eigenvalue weighted by molar-refractivity contribution is 5.75. The Bertz CT molecular complexity index is 784. The van der Waals surface area contributed by atoms with Gasteiger partial charge in [0.2, 0.25) is 0 Å². The molecule has 2 saturated carbocycles. The number of aromatic nitrogens is 1. The van der Waals surface area contributed by atoms with Crippen LogP contribution in [-0.2, 0) is 0 Å². The Balaban J connectivity index is 1.63. The lowest BCUT2D eigenvalue weighted by atomic mass is 9.98. The van der Waals surface area contributed by atoms with Crippen LogP contribution in [0.4, 0.5) is 4.79 Å². The molecule has 0 aliphatic heterocycles. The third-order valence-corrected chi connectivity index (χ3v) is 6.22. The first-order valence-electron chi connectivity index (χ1n) is 11.5. The molecule has 0 radical (unpaired) electrons. The van der Waals surface area contributed by atoms with E-state index < -0.39 is 0 Å². The van der Waals surface area contributed by atoms with Crippen LogP contribution in [0, 0.1) is 12.8 Å².